The predicted molar refractivity (Wildman–Crippen MR) is 86.8 cm³/mol. The fourth-order valence-corrected chi connectivity index (χ4v) is 3.66. The minimum absolute atomic E-state index is 0.0903. The van der Waals surface area contributed by atoms with Crippen LogP contribution in [-0.4, -0.2) is 9.55 Å². The molecule has 0 saturated carbocycles. The van der Waals surface area contributed by atoms with E-state index in [-0.39, 0.29) is 5.38 Å². The third-order valence-electron chi connectivity index (χ3n) is 3.56. The van der Waals surface area contributed by atoms with Gasteiger partial charge in [-0.05, 0) is 42.5 Å². The molecule has 1 aromatic carbocycles. The highest BCUT2D eigenvalue weighted by Gasteiger charge is 2.16. The van der Waals surface area contributed by atoms with Gasteiger partial charge in [0, 0.05) is 4.88 Å². The van der Waals surface area contributed by atoms with Crippen molar-refractivity contribution in [3.63, 3.8) is 0 Å². The van der Waals surface area contributed by atoms with Crippen molar-refractivity contribution in [2.45, 2.75) is 32.2 Å². The number of nitrogens with zero attached hydrogens (tertiary/aromatic N) is 2. The third kappa shape index (κ3) is 2.36. The topological polar surface area (TPSA) is 17.8 Å². The molecule has 0 radical (unpaired) electrons. The molecule has 4 heteroatoms. The largest absolute Gasteiger partial charge is 0.321 e. The fraction of sp³-hybridized carbons (Fsp3) is 0.312. The van der Waals surface area contributed by atoms with Gasteiger partial charge in [-0.15, -0.1) is 22.9 Å². The van der Waals surface area contributed by atoms with Crippen LogP contribution in [0, 0.1) is 0 Å². The van der Waals surface area contributed by atoms with Crippen molar-refractivity contribution < 1.29 is 0 Å². The van der Waals surface area contributed by atoms with Gasteiger partial charge in [0.1, 0.15) is 5.82 Å². The first kappa shape index (κ1) is 13.7. The Morgan fingerprint density at radius 1 is 1.30 bits per heavy atom. The monoisotopic (exact) mass is 304 g/mol. The molecule has 0 spiro atoms. The van der Waals surface area contributed by atoms with Crippen molar-refractivity contribution in [3.05, 3.63) is 52.0 Å². The SMILES string of the molecule is CCc1ccsc1Cn1c(C(C)Cl)nc2ccccc21. The molecule has 104 valence electrons. The van der Waals surface area contributed by atoms with E-state index in [0.29, 0.717) is 0 Å². The number of hydrogen-bond donors (Lipinski definition) is 0. The van der Waals surface area contributed by atoms with Crippen LogP contribution in [0.5, 0.6) is 0 Å². The molecule has 1 atom stereocenters. The van der Waals surface area contributed by atoms with Crippen LogP contribution in [0.4, 0.5) is 0 Å². The lowest BCUT2D eigenvalue weighted by Gasteiger charge is -2.10. The number of halogens is 1. The Kier molecular flexibility index (Phi) is 3.81. The van der Waals surface area contributed by atoms with Crippen LogP contribution < -0.4 is 0 Å². The average molecular weight is 305 g/mol. The lowest BCUT2D eigenvalue weighted by atomic mass is 10.2. The minimum Gasteiger partial charge on any atom is -0.321 e. The molecule has 0 saturated heterocycles. The number of rotatable bonds is 4. The second kappa shape index (κ2) is 5.58. The summed E-state index contributed by atoms with van der Waals surface area (Å²) in [6, 6.07) is 10.4. The summed E-state index contributed by atoms with van der Waals surface area (Å²) in [5, 5.41) is 2.07. The van der Waals surface area contributed by atoms with Crippen LogP contribution in [0.25, 0.3) is 11.0 Å². The predicted octanol–water partition coefficient (Wildman–Crippen LogP) is 5.01. The number of aryl methyl sites for hydroxylation is 1. The van der Waals surface area contributed by atoms with Crippen LogP contribution in [0.15, 0.2) is 35.7 Å². The molecule has 0 N–H and O–H groups in total. The van der Waals surface area contributed by atoms with Gasteiger partial charge in [-0.2, -0.15) is 0 Å². The molecule has 0 amide bonds. The summed E-state index contributed by atoms with van der Waals surface area (Å²) >= 11 is 8.12. The van der Waals surface area contributed by atoms with Crippen molar-refractivity contribution in [1.82, 2.24) is 9.55 Å². The molecule has 0 aliphatic carbocycles. The van der Waals surface area contributed by atoms with Gasteiger partial charge in [0.05, 0.1) is 23.0 Å². The summed E-state index contributed by atoms with van der Waals surface area (Å²) in [4.78, 5) is 6.08. The molecule has 0 bridgehead atoms. The van der Waals surface area contributed by atoms with Crippen LogP contribution >= 0.6 is 22.9 Å². The first-order chi connectivity index (χ1) is 9.70. The van der Waals surface area contributed by atoms with Crippen molar-refractivity contribution >= 4 is 34.0 Å². The van der Waals surface area contributed by atoms with Crippen molar-refractivity contribution in [1.29, 1.82) is 0 Å². The molecule has 2 nitrogen and oxygen atoms in total. The highest BCUT2D eigenvalue weighted by atomic mass is 35.5. The number of para-hydroxylation sites is 2. The van der Waals surface area contributed by atoms with Gasteiger partial charge < -0.3 is 4.57 Å². The van der Waals surface area contributed by atoms with E-state index in [9.17, 15) is 0 Å². The van der Waals surface area contributed by atoms with Gasteiger partial charge in [0.2, 0.25) is 0 Å². The fourth-order valence-electron chi connectivity index (χ4n) is 2.53. The second-order valence-corrected chi connectivity index (χ2v) is 6.54. The lowest BCUT2D eigenvalue weighted by molar-refractivity contribution is 0.746. The highest BCUT2D eigenvalue weighted by Crippen LogP contribution is 2.27. The Labute approximate surface area is 128 Å². The van der Waals surface area contributed by atoms with Crippen molar-refractivity contribution in [3.8, 4) is 0 Å². The summed E-state index contributed by atoms with van der Waals surface area (Å²) in [5.74, 6) is 0.948. The summed E-state index contributed by atoms with van der Waals surface area (Å²) in [6.45, 7) is 5.03. The van der Waals surface area contributed by atoms with Gasteiger partial charge in [0.15, 0.2) is 0 Å². The van der Waals surface area contributed by atoms with Crippen LogP contribution in [0.1, 0.15) is 35.5 Å². The normalized spacial score (nSPS) is 12.9. The van der Waals surface area contributed by atoms with E-state index >= 15 is 0 Å². The number of hydrogen-bond acceptors (Lipinski definition) is 2. The highest BCUT2D eigenvalue weighted by molar-refractivity contribution is 7.10. The van der Waals surface area contributed by atoms with Gasteiger partial charge in [-0.1, -0.05) is 19.1 Å². The lowest BCUT2D eigenvalue weighted by Crippen LogP contribution is -2.06. The molecular weight excluding hydrogens is 288 g/mol. The number of alkyl halides is 1. The smallest absolute Gasteiger partial charge is 0.128 e. The molecule has 2 aromatic heterocycles. The summed E-state index contributed by atoms with van der Waals surface area (Å²) < 4.78 is 2.25. The number of fused-ring (bicyclic) bond motifs is 1. The summed E-state index contributed by atoms with van der Waals surface area (Å²) in [7, 11) is 0. The average Bonchev–Trinajstić information content (AvgIpc) is 3.04. The standard InChI is InChI=1S/C16H17ClN2S/c1-3-12-8-9-20-15(12)10-19-14-7-5-4-6-13(14)18-16(19)11(2)17/h4-9,11H,3,10H2,1-2H3. The maximum Gasteiger partial charge on any atom is 0.128 e. The maximum atomic E-state index is 6.31. The zero-order valence-electron chi connectivity index (χ0n) is 11.6. The number of aromatic nitrogens is 2. The first-order valence-corrected chi connectivity index (χ1v) is 8.16. The Morgan fingerprint density at radius 3 is 2.85 bits per heavy atom. The van der Waals surface area contributed by atoms with Gasteiger partial charge >= 0.3 is 0 Å². The molecule has 1 unspecified atom stereocenters. The Morgan fingerprint density at radius 2 is 2.10 bits per heavy atom. The summed E-state index contributed by atoms with van der Waals surface area (Å²) in [6.07, 6.45) is 1.07. The van der Waals surface area contributed by atoms with Crippen molar-refractivity contribution in [2.75, 3.05) is 0 Å². The van der Waals surface area contributed by atoms with E-state index in [0.717, 1.165) is 29.8 Å². The first-order valence-electron chi connectivity index (χ1n) is 6.85. The molecule has 3 rings (SSSR count). The van der Waals surface area contributed by atoms with Crippen LogP contribution in [-0.2, 0) is 13.0 Å². The second-order valence-electron chi connectivity index (χ2n) is 4.88. The van der Waals surface area contributed by atoms with Crippen LogP contribution in [0.2, 0.25) is 0 Å². The third-order valence-corrected chi connectivity index (χ3v) is 4.70. The summed E-state index contributed by atoms with van der Waals surface area (Å²) in [5.41, 5.74) is 3.59. The van der Waals surface area contributed by atoms with E-state index in [1.165, 1.54) is 10.4 Å². The molecule has 0 fully saturated rings. The van der Waals surface area contributed by atoms with E-state index in [1.807, 2.05) is 30.4 Å². The van der Waals surface area contributed by atoms with E-state index in [4.69, 9.17) is 11.6 Å². The molecule has 20 heavy (non-hydrogen) atoms. The zero-order chi connectivity index (χ0) is 14.1. The Hall–Kier alpha value is -1.32. The Balaban J connectivity index is 2.12. The zero-order valence-corrected chi connectivity index (χ0v) is 13.2. The number of benzene rings is 1. The van der Waals surface area contributed by atoms with Crippen molar-refractivity contribution in [2.24, 2.45) is 0 Å². The quantitative estimate of drug-likeness (QED) is 0.620. The Bertz CT molecular complexity index is 727. The van der Waals surface area contributed by atoms with Gasteiger partial charge in [-0.25, -0.2) is 4.98 Å². The molecule has 0 aliphatic heterocycles. The van der Waals surface area contributed by atoms with E-state index in [2.05, 4.69) is 40.1 Å². The minimum atomic E-state index is -0.0903. The maximum absolute atomic E-state index is 6.31. The molecule has 0 aliphatic rings. The van der Waals surface area contributed by atoms with Gasteiger partial charge in [0.25, 0.3) is 0 Å². The van der Waals surface area contributed by atoms with E-state index < -0.39 is 0 Å². The molecule has 3 aromatic rings. The molecular formula is C16H17ClN2S. The van der Waals surface area contributed by atoms with Gasteiger partial charge in [-0.3, -0.25) is 0 Å². The number of imidazole rings is 1. The molecule has 2 heterocycles. The van der Waals surface area contributed by atoms with E-state index in [1.54, 1.807) is 0 Å². The van der Waals surface area contributed by atoms with Crippen LogP contribution in [0.3, 0.4) is 0 Å². The number of thiophene rings is 1.